The Labute approximate surface area is 81.5 Å². The first-order chi connectivity index (χ1) is 6.70. The van der Waals surface area contributed by atoms with Gasteiger partial charge in [-0.05, 0) is 18.6 Å². The topological polar surface area (TPSA) is 58.6 Å². The maximum atomic E-state index is 11.4. The molecule has 2 rings (SSSR count). The first-order valence-corrected chi connectivity index (χ1v) is 4.51. The van der Waals surface area contributed by atoms with Crippen LogP contribution in [0.2, 0.25) is 0 Å². The zero-order chi connectivity index (χ0) is 10.1. The lowest BCUT2D eigenvalue weighted by atomic mass is 10.2. The van der Waals surface area contributed by atoms with Crippen LogP contribution in [0, 0.1) is 0 Å². The fourth-order valence-corrected chi connectivity index (χ4v) is 1.40. The van der Waals surface area contributed by atoms with Crippen LogP contribution in [0.4, 0.5) is 5.69 Å². The number of nitrogens with one attached hydrogen (secondary N) is 1. The molecule has 0 spiro atoms. The summed E-state index contributed by atoms with van der Waals surface area (Å²) in [6.07, 6.45) is 0.158. The zero-order valence-corrected chi connectivity index (χ0v) is 7.78. The van der Waals surface area contributed by atoms with Crippen molar-refractivity contribution in [3.8, 4) is 11.5 Å². The summed E-state index contributed by atoms with van der Waals surface area (Å²) in [5.41, 5.74) is 0.609. The molecule has 0 bridgehead atoms. The van der Waals surface area contributed by atoms with E-state index in [9.17, 15) is 9.90 Å². The highest BCUT2D eigenvalue weighted by Gasteiger charge is 2.25. The van der Waals surface area contributed by atoms with E-state index in [0.717, 1.165) is 0 Å². The number of carbonyl (C=O) groups is 1. The van der Waals surface area contributed by atoms with E-state index in [1.807, 2.05) is 6.92 Å². The van der Waals surface area contributed by atoms with Gasteiger partial charge in [-0.1, -0.05) is 6.92 Å². The number of benzene rings is 1. The molecule has 74 valence electrons. The van der Waals surface area contributed by atoms with Crippen molar-refractivity contribution in [3.63, 3.8) is 0 Å². The number of aromatic hydroxyl groups is 1. The number of hydrogen-bond acceptors (Lipinski definition) is 3. The van der Waals surface area contributed by atoms with Crippen molar-refractivity contribution in [2.24, 2.45) is 0 Å². The normalized spacial score (nSPS) is 19.5. The molecule has 1 aliphatic rings. The van der Waals surface area contributed by atoms with Crippen molar-refractivity contribution < 1.29 is 14.6 Å². The summed E-state index contributed by atoms with van der Waals surface area (Å²) in [7, 11) is 0. The van der Waals surface area contributed by atoms with E-state index in [1.165, 1.54) is 12.1 Å². The number of anilines is 1. The first-order valence-electron chi connectivity index (χ1n) is 4.51. The monoisotopic (exact) mass is 193 g/mol. The predicted molar refractivity (Wildman–Crippen MR) is 51.4 cm³/mol. The third-order valence-corrected chi connectivity index (χ3v) is 2.16. The number of amides is 1. The molecule has 0 saturated heterocycles. The highest BCUT2D eigenvalue weighted by Crippen LogP contribution is 2.33. The summed E-state index contributed by atoms with van der Waals surface area (Å²) < 4.78 is 5.40. The minimum Gasteiger partial charge on any atom is -0.508 e. The summed E-state index contributed by atoms with van der Waals surface area (Å²) in [6.45, 7) is 1.87. The van der Waals surface area contributed by atoms with Crippen molar-refractivity contribution in [1.29, 1.82) is 0 Å². The maximum absolute atomic E-state index is 11.4. The van der Waals surface area contributed by atoms with Crippen LogP contribution in [-0.4, -0.2) is 17.1 Å². The fourth-order valence-electron chi connectivity index (χ4n) is 1.40. The van der Waals surface area contributed by atoms with Gasteiger partial charge in [0.1, 0.15) is 11.5 Å². The first kappa shape index (κ1) is 8.87. The van der Waals surface area contributed by atoms with Gasteiger partial charge in [-0.25, -0.2) is 0 Å². The van der Waals surface area contributed by atoms with Crippen LogP contribution in [0.5, 0.6) is 11.5 Å². The molecule has 4 heteroatoms. The minimum absolute atomic E-state index is 0.134. The molecule has 14 heavy (non-hydrogen) atoms. The van der Waals surface area contributed by atoms with Gasteiger partial charge < -0.3 is 15.2 Å². The molecule has 1 heterocycles. The number of phenols is 1. The second kappa shape index (κ2) is 3.21. The molecule has 1 atom stereocenters. The number of phenolic OH excluding ortho intramolecular Hbond substituents is 1. The van der Waals surface area contributed by atoms with Gasteiger partial charge in [-0.2, -0.15) is 0 Å². The number of carbonyl (C=O) groups excluding carboxylic acids is 1. The van der Waals surface area contributed by atoms with E-state index in [2.05, 4.69) is 5.32 Å². The molecular formula is C10H11NO3. The quantitative estimate of drug-likeness (QED) is 0.664. The number of ether oxygens (including phenoxy) is 1. The molecule has 1 aromatic carbocycles. The van der Waals surface area contributed by atoms with Gasteiger partial charge in [0, 0.05) is 6.07 Å². The fraction of sp³-hybridized carbons (Fsp3) is 0.300. The van der Waals surface area contributed by atoms with Gasteiger partial charge in [0.15, 0.2) is 6.10 Å². The van der Waals surface area contributed by atoms with E-state index in [1.54, 1.807) is 6.07 Å². The average Bonchev–Trinajstić information content (AvgIpc) is 2.17. The molecule has 2 N–H and O–H groups in total. The zero-order valence-electron chi connectivity index (χ0n) is 7.78. The van der Waals surface area contributed by atoms with E-state index >= 15 is 0 Å². The highest BCUT2D eigenvalue weighted by molar-refractivity contribution is 5.97. The van der Waals surface area contributed by atoms with Crippen LogP contribution in [0.3, 0.4) is 0 Å². The van der Waals surface area contributed by atoms with Crippen LogP contribution in [0.15, 0.2) is 18.2 Å². The van der Waals surface area contributed by atoms with Gasteiger partial charge in [-0.3, -0.25) is 4.79 Å². The predicted octanol–water partition coefficient (Wildman–Crippen LogP) is 1.50. The van der Waals surface area contributed by atoms with Gasteiger partial charge in [0.2, 0.25) is 0 Å². The van der Waals surface area contributed by atoms with Gasteiger partial charge in [0.25, 0.3) is 5.91 Å². The standard InChI is InChI=1S/C10H11NO3/c1-2-8-10(13)11-7-4-3-6(12)5-9(7)14-8/h3-5,8,12H,2H2,1H3,(H,11,13). The van der Waals surface area contributed by atoms with Crippen LogP contribution in [-0.2, 0) is 4.79 Å². The van der Waals surface area contributed by atoms with Gasteiger partial charge >= 0.3 is 0 Å². The summed E-state index contributed by atoms with van der Waals surface area (Å²) in [5.74, 6) is 0.525. The Hall–Kier alpha value is -1.71. The molecule has 1 aliphatic heterocycles. The molecule has 1 amide bonds. The Morgan fingerprint density at radius 3 is 3.07 bits per heavy atom. The van der Waals surface area contributed by atoms with Crippen molar-refractivity contribution in [1.82, 2.24) is 0 Å². The summed E-state index contributed by atoms with van der Waals surface area (Å²) >= 11 is 0. The van der Waals surface area contributed by atoms with Crippen molar-refractivity contribution in [2.75, 3.05) is 5.32 Å². The Kier molecular flexibility index (Phi) is 2.04. The second-order valence-electron chi connectivity index (χ2n) is 3.18. The van der Waals surface area contributed by atoms with Crippen molar-refractivity contribution in [2.45, 2.75) is 19.4 Å². The van der Waals surface area contributed by atoms with E-state index in [4.69, 9.17) is 4.74 Å². The summed E-state index contributed by atoms with van der Waals surface area (Å²) in [4.78, 5) is 11.4. The molecule has 0 saturated carbocycles. The Morgan fingerprint density at radius 2 is 2.36 bits per heavy atom. The molecular weight excluding hydrogens is 182 g/mol. The Balaban J connectivity index is 2.36. The van der Waals surface area contributed by atoms with Gasteiger partial charge in [-0.15, -0.1) is 0 Å². The molecule has 0 fully saturated rings. The highest BCUT2D eigenvalue weighted by atomic mass is 16.5. The largest absolute Gasteiger partial charge is 0.508 e. The van der Waals surface area contributed by atoms with Gasteiger partial charge in [0.05, 0.1) is 5.69 Å². The third-order valence-electron chi connectivity index (χ3n) is 2.16. The molecule has 1 aromatic rings. The molecule has 0 aliphatic carbocycles. The number of fused-ring (bicyclic) bond motifs is 1. The second-order valence-corrected chi connectivity index (χ2v) is 3.18. The van der Waals surface area contributed by atoms with Crippen molar-refractivity contribution in [3.05, 3.63) is 18.2 Å². The van der Waals surface area contributed by atoms with Crippen LogP contribution >= 0.6 is 0 Å². The average molecular weight is 193 g/mol. The maximum Gasteiger partial charge on any atom is 0.265 e. The van der Waals surface area contributed by atoms with Crippen LogP contribution in [0.1, 0.15) is 13.3 Å². The van der Waals surface area contributed by atoms with Crippen molar-refractivity contribution >= 4 is 11.6 Å². The smallest absolute Gasteiger partial charge is 0.265 e. The lowest BCUT2D eigenvalue weighted by molar-refractivity contribution is -0.123. The molecule has 0 radical (unpaired) electrons. The van der Waals surface area contributed by atoms with Crippen LogP contribution in [0.25, 0.3) is 0 Å². The summed E-state index contributed by atoms with van der Waals surface area (Å²) in [6, 6.07) is 4.63. The number of rotatable bonds is 1. The lowest BCUT2D eigenvalue weighted by Crippen LogP contribution is -2.36. The van der Waals surface area contributed by atoms with E-state index in [0.29, 0.717) is 17.9 Å². The SMILES string of the molecule is CCC1Oc2cc(O)ccc2NC1=O. The Bertz CT molecular complexity index is 376. The van der Waals surface area contributed by atoms with Crippen LogP contribution < -0.4 is 10.1 Å². The lowest BCUT2D eigenvalue weighted by Gasteiger charge is -2.24. The minimum atomic E-state index is -0.454. The molecule has 4 nitrogen and oxygen atoms in total. The third kappa shape index (κ3) is 1.39. The summed E-state index contributed by atoms with van der Waals surface area (Å²) in [5, 5.41) is 11.9. The molecule has 1 unspecified atom stereocenters. The van der Waals surface area contributed by atoms with E-state index in [-0.39, 0.29) is 11.7 Å². The van der Waals surface area contributed by atoms with E-state index < -0.39 is 6.10 Å². The molecule has 0 aromatic heterocycles. The number of hydrogen-bond donors (Lipinski definition) is 2. The Morgan fingerprint density at radius 1 is 1.57 bits per heavy atom.